The molecule has 0 saturated carbocycles. The SMILES string of the molecule is CCOc1ccc(C2(C)NC(=O)N(CCC#N)C2=O)cc1. The van der Waals surface area contributed by atoms with Gasteiger partial charge in [0.05, 0.1) is 19.1 Å². The molecule has 1 heterocycles. The van der Waals surface area contributed by atoms with Crippen molar-refractivity contribution in [2.24, 2.45) is 0 Å². The molecule has 1 saturated heterocycles. The molecule has 21 heavy (non-hydrogen) atoms. The monoisotopic (exact) mass is 287 g/mol. The Balaban J connectivity index is 2.24. The molecule has 6 nitrogen and oxygen atoms in total. The molecule has 1 unspecified atom stereocenters. The molecule has 3 amide bonds. The number of nitriles is 1. The van der Waals surface area contributed by atoms with Crippen LogP contribution in [0.2, 0.25) is 0 Å². The van der Waals surface area contributed by atoms with Crippen molar-refractivity contribution < 1.29 is 14.3 Å². The van der Waals surface area contributed by atoms with Crippen molar-refractivity contribution in [2.45, 2.75) is 25.8 Å². The standard InChI is InChI=1S/C15H17N3O3/c1-3-21-12-7-5-11(6-8-12)15(2)13(19)18(10-4-9-16)14(20)17-15/h5-8H,3-4,10H2,1-2H3,(H,17,20). The van der Waals surface area contributed by atoms with Crippen LogP contribution in [0.4, 0.5) is 4.79 Å². The molecule has 0 radical (unpaired) electrons. The van der Waals surface area contributed by atoms with Gasteiger partial charge < -0.3 is 10.1 Å². The summed E-state index contributed by atoms with van der Waals surface area (Å²) in [5.41, 5.74) is -0.416. The van der Waals surface area contributed by atoms with Crippen LogP contribution in [0.25, 0.3) is 0 Å². The van der Waals surface area contributed by atoms with E-state index in [4.69, 9.17) is 10.00 Å². The first-order valence-corrected chi connectivity index (χ1v) is 6.77. The molecule has 0 spiro atoms. The second kappa shape index (κ2) is 5.83. The van der Waals surface area contributed by atoms with Crippen molar-refractivity contribution >= 4 is 11.9 Å². The predicted molar refractivity (Wildman–Crippen MR) is 75.4 cm³/mol. The molecule has 0 aromatic heterocycles. The van der Waals surface area contributed by atoms with Gasteiger partial charge in [-0.2, -0.15) is 5.26 Å². The van der Waals surface area contributed by atoms with E-state index in [0.717, 1.165) is 4.90 Å². The van der Waals surface area contributed by atoms with Crippen LogP contribution >= 0.6 is 0 Å². The van der Waals surface area contributed by atoms with Gasteiger partial charge in [0.15, 0.2) is 0 Å². The van der Waals surface area contributed by atoms with E-state index >= 15 is 0 Å². The van der Waals surface area contributed by atoms with E-state index in [-0.39, 0.29) is 18.9 Å². The highest BCUT2D eigenvalue weighted by molar-refractivity contribution is 6.07. The molecular formula is C15H17N3O3. The topological polar surface area (TPSA) is 82.4 Å². The zero-order valence-electron chi connectivity index (χ0n) is 12.0. The number of carbonyl (C=O) groups excluding carboxylic acids is 2. The van der Waals surface area contributed by atoms with Gasteiger partial charge in [-0.15, -0.1) is 0 Å². The van der Waals surface area contributed by atoms with Crippen molar-refractivity contribution in [3.8, 4) is 11.8 Å². The first-order valence-electron chi connectivity index (χ1n) is 6.77. The molecule has 6 heteroatoms. The van der Waals surface area contributed by atoms with Gasteiger partial charge >= 0.3 is 6.03 Å². The number of hydrogen-bond donors (Lipinski definition) is 1. The smallest absolute Gasteiger partial charge is 0.325 e. The summed E-state index contributed by atoms with van der Waals surface area (Å²) in [6, 6.07) is 8.52. The lowest BCUT2D eigenvalue weighted by Gasteiger charge is -2.22. The minimum Gasteiger partial charge on any atom is -0.494 e. The molecule has 1 N–H and O–H groups in total. The lowest BCUT2D eigenvalue weighted by Crippen LogP contribution is -2.40. The van der Waals surface area contributed by atoms with Gasteiger partial charge in [-0.25, -0.2) is 4.79 Å². The van der Waals surface area contributed by atoms with Crippen molar-refractivity contribution in [1.29, 1.82) is 5.26 Å². The molecule has 1 aromatic carbocycles. The normalized spacial score (nSPS) is 21.1. The second-order valence-corrected chi connectivity index (χ2v) is 4.88. The molecule has 1 fully saturated rings. The third kappa shape index (κ3) is 2.68. The Morgan fingerprint density at radius 1 is 1.33 bits per heavy atom. The Kier molecular flexibility index (Phi) is 4.13. The summed E-state index contributed by atoms with van der Waals surface area (Å²) in [5, 5.41) is 11.3. The van der Waals surface area contributed by atoms with Crippen molar-refractivity contribution in [3.63, 3.8) is 0 Å². The Bertz CT molecular complexity index is 591. The van der Waals surface area contributed by atoms with Gasteiger partial charge in [0.2, 0.25) is 0 Å². The van der Waals surface area contributed by atoms with E-state index < -0.39 is 11.6 Å². The number of ether oxygens (including phenoxy) is 1. The molecule has 0 bridgehead atoms. The Morgan fingerprint density at radius 3 is 2.57 bits per heavy atom. The lowest BCUT2D eigenvalue weighted by molar-refractivity contribution is -0.131. The van der Waals surface area contributed by atoms with Gasteiger partial charge in [0.25, 0.3) is 5.91 Å². The molecule has 2 rings (SSSR count). The van der Waals surface area contributed by atoms with E-state index in [1.165, 1.54) is 0 Å². The quantitative estimate of drug-likeness (QED) is 0.837. The van der Waals surface area contributed by atoms with Gasteiger partial charge in [-0.3, -0.25) is 9.69 Å². The second-order valence-electron chi connectivity index (χ2n) is 4.88. The fraction of sp³-hybridized carbons (Fsp3) is 0.400. The van der Waals surface area contributed by atoms with Gasteiger partial charge in [0, 0.05) is 6.54 Å². The van der Waals surface area contributed by atoms with Crippen LogP contribution < -0.4 is 10.1 Å². The maximum absolute atomic E-state index is 12.5. The molecule has 1 aliphatic rings. The van der Waals surface area contributed by atoms with Crippen molar-refractivity contribution in [3.05, 3.63) is 29.8 Å². The molecule has 110 valence electrons. The van der Waals surface area contributed by atoms with E-state index in [1.807, 2.05) is 13.0 Å². The molecule has 1 atom stereocenters. The number of nitrogens with zero attached hydrogens (tertiary/aromatic N) is 2. The average molecular weight is 287 g/mol. The summed E-state index contributed by atoms with van der Waals surface area (Å²) < 4.78 is 5.36. The van der Waals surface area contributed by atoms with Crippen LogP contribution in [0.3, 0.4) is 0 Å². The minimum atomic E-state index is -1.10. The first kappa shape index (κ1) is 14.9. The number of hydrogen-bond acceptors (Lipinski definition) is 4. The maximum Gasteiger partial charge on any atom is 0.325 e. The Hall–Kier alpha value is -2.55. The van der Waals surface area contributed by atoms with Crippen molar-refractivity contribution in [1.82, 2.24) is 10.2 Å². The average Bonchev–Trinajstić information content (AvgIpc) is 2.69. The fourth-order valence-electron chi connectivity index (χ4n) is 2.31. The van der Waals surface area contributed by atoms with Gasteiger partial charge in [-0.1, -0.05) is 12.1 Å². The number of rotatable bonds is 5. The summed E-state index contributed by atoms with van der Waals surface area (Å²) in [5.74, 6) is 0.370. The first-order chi connectivity index (χ1) is 10.0. The summed E-state index contributed by atoms with van der Waals surface area (Å²) in [7, 11) is 0. The third-order valence-corrected chi connectivity index (χ3v) is 3.46. The Morgan fingerprint density at radius 2 is 2.00 bits per heavy atom. The largest absolute Gasteiger partial charge is 0.494 e. The van der Waals surface area contributed by atoms with Crippen LogP contribution in [0.15, 0.2) is 24.3 Å². The predicted octanol–water partition coefficient (Wildman–Crippen LogP) is 1.77. The van der Waals surface area contributed by atoms with E-state index in [1.54, 1.807) is 31.2 Å². The van der Waals surface area contributed by atoms with Crippen LogP contribution in [0.5, 0.6) is 5.75 Å². The van der Waals surface area contributed by atoms with Gasteiger partial charge in [0.1, 0.15) is 11.3 Å². The van der Waals surface area contributed by atoms with E-state index in [0.29, 0.717) is 17.9 Å². The van der Waals surface area contributed by atoms with E-state index in [9.17, 15) is 9.59 Å². The van der Waals surface area contributed by atoms with Crippen LogP contribution in [0.1, 0.15) is 25.8 Å². The summed E-state index contributed by atoms with van der Waals surface area (Å²) in [6.45, 7) is 4.22. The zero-order valence-corrected chi connectivity index (χ0v) is 12.0. The summed E-state index contributed by atoms with van der Waals surface area (Å²) in [4.78, 5) is 25.4. The minimum absolute atomic E-state index is 0.105. The number of carbonyl (C=O) groups is 2. The lowest BCUT2D eigenvalue weighted by atomic mass is 9.92. The number of nitrogens with one attached hydrogen (secondary N) is 1. The van der Waals surface area contributed by atoms with Crippen LogP contribution in [-0.2, 0) is 10.3 Å². The van der Waals surface area contributed by atoms with Crippen LogP contribution in [0, 0.1) is 11.3 Å². The molecule has 0 aliphatic carbocycles. The Labute approximate surface area is 123 Å². The number of benzene rings is 1. The summed E-state index contributed by atoms with van der Waals surface area (Å²) >= 11 is 0. The number of imide groups is 1. The number of urea groups is 1. The fourth-order valence-corrected chi connectivity index (χ4v) is 2.31. The number of amides is 3. The highest BCUT2D eigenvalue weighted by Gasteiger charge is 2.48. The summed E-state index contributed by atoms with van der Waals surface area (Å²) in [6.07, 6.45) is 0.124. The highest BCUT2D eigenvalue weighted by Crippen LogP contribution is 2.30. The zero-order chi connectivity index (χ0) is 15.5. The van der Waals surface area contributed by atoms with Gasteiger partial charge in [-0.05, 0) is 31.5 Å². The molecule has 1 aliphatic heterocycles. The highest BCUT2D eigenvalue weighted by atomic mass is 16.5. The van der Waals surface area contributed by atoms with E-state index in [2.05, 4.69) is 5.32 Å². The molecule has 1 aromatic rings. The third-order valence-electron chi connectivity index (χ3n) is 3.46. The maximum atomic E-state index is 12.5. The van der Waals surface area contributed by atoms with Crippen molar-refractivity contribution in [2.75, 3.05) is 13.2 Å². The van der Waals surface area contributed by atoms with Crippen LogP contribution in [-0.4, -0.2) is 30.0 Å². The molecular weight excluding hydrogens is 270 g/mol.